The number of esters is 1. The lowest BCUT2D eigenvalue weighted by Crippen LogP contribution is -2.79. The molecular weight excluding hydrogens is 640 g/mol. The number of hydrogen-bond donors (Lipinski definition) is 0. The molecule has 0 N–H and O–H groups in total. The monoisotopic (exact) mass is 676 g/mol. The highest BCUT2D eigenvalue weighted by molar-refractivity contribution is 9.10. The Labute approximate surface area is 270 Å². The van der Waals surface area contributed by atoms with Crippen LogP contribution in [0.3, 0.4) is 0 Å². The minimum absolute atomic E-state index is 0.000867. The summed E-state index contributed by atoms with van der Waals surface area (Å²) in [6, 6.07) is 16.5. The largest absolute Gasteiger partial charge is 0.493 e. The minimum atomic E-state index is -0.775. The van der Waals surface area contributed by atoms with Gasteiger partial charge in [0, 0.05) is 46.9 Å². The molecule has 2 aliphatic heterocycles. The average molecular weight is 678 g/mol. The zero-order chi connectivity index (χ0) is 30.6. The molecule has 3 heterocycles. The second kappa shape index (κ2) is 11.3. The minimum Gasteiger partial charge on any atom is -0.493 e. The maximum absolute atomic E-state index is 13.6. The molecule has 1 saturated heterocycles. The predicted octanol–water partition coefficient (Wildman–Crippen LogP) is 6.03. The van der Waals surface area contributed by atoms with E-state index in [1.165, 1.54) is 18.1 Å². The van der Waals surface area contributed by atoms with Crippen molar-refractivity contribution >= 4 is 45.2 Å². The third-order valence-electron chi connectivity index (χ3n) is 10.4. The van der Waals surface area contributed by atoms with E-state index in [0.717, 1.165) is 53.0 Å². The van der Waals surface area contributed by atoms with Crippen molar-refractivity contribution in [1.29, 1.82) is 0 Å². The Kier molecular flexibility index (Phi) is 7.62. The molecule has 2 aromatic carbocycles. The first-order valence-electron chi connectivity index (χ1n) is 15.3. The van der Waals surface area contributed by atoms with Gasteiger partial charge in [0.1, 0.15) is 11.7 Å². The van der Waals surface area contributed by atoms with Crippen LogP contribution in [0.1, 0.15) is 47.8 Å². The van der Waals surface area contributed by atoms with E-state index in [1.54, 1.807) is 24.5 Å². The summed E-state index contributed by atoms with van der Waals surface area (Å²) >= 11 is 5.07. The van der Waals surface area contributed by atoms with Gasteiger partial charge in [0.05, 0.1) is 24.6 Å². The van der Waals surface area contributed by atoms with Crippen molar-refractivity contribution in [3.8, 4) is 11.5 Å². The molecule has 1 spiro atoms. The molecular formula is C35H37BrN2O5S. The Hall–Kier alpha value is -3.14. The number of thiophene rings is 1. The van der Waals surface area contributed by atoms with E-state index in [1.807, 2.05) is 41.6 Å². The number of benzene rings is 2. The molecule has 9 heteroatoms. The van der Waals surface area contributed by atoms with Crippen molar-refractivity contribution in [2.75, 3.05) is 27.2 Å². The lowest BCUT2D eigenvalue weighted by molar-refractivity contribution is -0.223. The predicted molar refractivity (Wildman–Crippen MR) is 174 cm³/mol. The van der Waals surface area contributed by atoms with Gasteiger partial charge in [0.2, 0.25) is 5.91 Å². The lowest BCUT2D eigenvalue weighted by Gasteiger charge is -2.65. The fourth-order valence-corrected chi connectivity index (χ4v) is 9.96. The molecule has 7 nitrogen and oxygen atoms in total. The Morgan fingerprint density at radius 3 is 2.75 bits per heavy atom. The summed E-state index contributed by atoms with van der Waals surface area (Å²) in [6.45, 7) is 3.26. The van der Waals surface area contributed by atoms with Crippen LogP contribution in [0.2, 0.25) is 0 Å². The molecule has 0 radical (unpaired) electrons. The number of nitrogens with zero attached hydrogens (tertiary/aromatic N) is 2. The van der Waals surface area contributed by atoms with Gasteiger partial charge in [-0.25, -0.2) is 0 Å². The van der Waals surface area contributed by atoms with Gasteiger partial charge in [-0.2, -0.15) is 0 Å². The summed E-state index contributed by atoms with van der Waals surface area (Å²) in [4.78, 5) is 32.0. The van der Waals surface area contributed by atoms with Gasteiger partial charge in [-0.1, -0.05) is 36.4 Å². The molecule has 7 rings (SSSR count). The molecule has 0 unspecified atom stereocenters. The average Bonchev–Trinajstić information content (AvgIpc) is 3.60. The van der Waals surface area contributed by atoms with Crippen LogP contribution < -0.4 is 9.47 Å². The topological polar surface area (TPSA) is 68.3 Å². The summed E-state index contributed by atoms with van der Waals surface area (Å²) in [5.41, 5.74) is 2.27. The highest BCUT2D eigenvalue weighted by atomic mass is 79.9. The molecule has 1 saturated carbocycles. The van der Waals surface area contributed by atoms with Crippen LogP contribution in [0, 0.1) is 0 Å². The van der Waals surface area contributed by atoms with Crippen LogP contribution in [0.5, 0.6) is 11.5 Å². The Balaban J connectivity index is 1.29. The molecule has 3 aromatic rings. The van der Waals surface area contributed by atoms with Crippen LogP contribution in [0.4, 0.5) is 0 Å². The highest BCUT2D eigenvalue weighted by Crippen LogP contribution is 2.67. The normalized spacial score (nSPS) is 28.3. The quantitative estimate of drug-likeness (QED) is 0.215. The molecule has 1 amide bonds. The van der Waals surface area contributed by atoms with Gasteiger partial charge in [0.15, 0.2) is 11.5 Å². The first kappa shape index (κ1) is 29.6. The van der Waals surface area contributed by atoms with Gasteiger partial charge >= 0.3 is 5.97 Å². The molecule has 2 fully saturated rings. The fraction of sp³-hybridized carbons (Fsp3) is 0.429. The second-order valence-corrected chi connectivity index (χ2v) is 14.3. The number of rotatable bonds is 8. The Morgan fingerprint density at radius 2 is 2.02 bits per heavy atom. The van der Waals surface area contributed by atoms with Crippen molar-refractivity contribution in [2.24, 2.45) is 0 Å². The van der Waals surface area contributed by atoms with E-state index >= 15 is 0 Å². The second-order valence-electron chi connectivity index (χ2n) is 12.4. The Morgan fingerprint density at radius 1 is 1.20 bits per heavy atom. The maximum atomic E-state index is 13.6. The summed E-state index contributed by atoms with van der Waals surface area (Å²) in [5, 5.41) is 2.00. The molecule has 5 atom stereocenters. The number of piperidine rings is 1. The highest BCUT2D eigenvalue weighted by Gasteiger charge is 2.75. The zero-order valence-electron chi connectivity index (χ0n) is 25.3. The van der Waals surface area contributed by atoms with Crippen LogP contribution in [0.25, 0.3) is 6.08 Å². The standard InChI is InChI=1S/C35H37BrN2O5S/c1-22(39)43-35-15-13-27(37(2)30(40)12-10-26-20-25(36)21-44-26)33-34(35)16-18-38(17-14-23-7-5-4-6-8-23)29(35)19-24-9-11-28(41-3)32(42-33)31(24)34/h4-12,20-21,27,29,33H,13-19H2,1-3H3/b12-10+/t27-,29-,33+,34+,35-/m1/s1. The molecule has 2 bridgehead atoms. The van der Waals surface area contributed by atoms with E-state index in [4.69, 9.17) is 14.2 Å². The molecule has 230 valence electrons. The molecule has 44 heavy (non-hydrogen) atoms. The van der Waals surface area contributed by atoms with E-state index in [2.05, 4.69) is 51.2 Å². The third kappa shape index (κ3) is 4.53. The van der Waals surface area contributed by atoms with Crippen LogP contribution in [0.15, 0.2) is 64.5 Å². The van der Waals surface area contributed by atoms with Crippen molar-refractivity contribution < 1.29 is 23.8 Å². The summed E-state index contributed by atoms with van der Waals surface area (Å²) in [7, 11) is 3.54. The number of amides is 1. The number of carbonyl (C=O) groups excluding carboxylic acids is 2. The van der Waals surface area contributed by atoms with Crippen molar-refractivity contribution in [2.45, 2.75) is 68.2 Å². The number of hydrogen-bond acceptors (Lipinski definition) is 7. The number of methoxy groups -OCH3 is 1. The van der Waals surface area contributed by atoms with E-state index in [0.29, 0.717) is 18.6 Å². The van der Waals surface area contributed by atoms with Gasteiger partial charge in [-0.05, 0) is 83.9 Å². The maximum Gasteiger partial charge on any atom is 0.303 e. The smallest absolute Gasteiger partial charge is 0.303 e. The van der Waals surface area contributed by atoms with Crippen LogP contribution in [-0.4, -0.2) is 72.7 Å². The van der Waals surface area contributed by atoms with Gasteiger partial charge < -0.3 is 19.1 Å². The summed E-state index contributed by atoms with van der Waals surface area (Å²) < 4.78 is 20.4. The van der Waals surface area contributed by atoms with E-state index < -0.39 is 11.0 Å². The number of likely N-dealkylation sites (N-methyl/N-ethyl adjacent to an activating group) is 1. The SMILES string of the molecule is COc1ccc2c3c1O[C@H]1[C@H](N(C)C(=O)/C=C/c4cc(Br)cs4)CC[C@@]4(OC(C)=O)[C@@H](C2)N(CCc2ccccc2)CC[C@]314. The number of carbonyl (C=O) groups is 2. The third-order valence-corrected chi connectivity index (χ3v) is 12.0. The van der Waals surface area contributed by atoms with Gasteiger partial charge in [0.25, 0.3) is 0 Å². The van der Waals surface area contributed by atoms with Crippen molar-refractivity contribution in [3.63, 3.8) is 0 Å². The number of ether oxygens (including phenoxy) is 3. The van der Waals surface area contributed by atoms with E-state index in [-0.39, 0.29) is 30.1 Å². The van der Waals surface area contributed by atoms with Crippen molar-refractivity contribution in [3.05, 3.63) is 86.0 Å². The summed E-state index contributed by atoms with van der Waals surface area (Å²) in [5.74, 6) is 1.08. The zero-order valence-corrected chi connectivity index (χ0v) is 27.7. The van der Waals surface area contributed by atoms with Crippen molar-refractivity contribution in [1.82, 2.24) is 9.80 Å². The van der Waals surface area contributed by atoms with Gasteiger partial charge in [-0.3, -0.25) is 14.5 Å². The fourth-order valence-electron chi connectivity index (χ4n) is 8.62. The number of halogens is 1. The number of likely N-dealkylation sites (tertiary alicyclic amines) is 1. The molecule has 2 aliphatic carbocycles. The molecule has 4 aliphatic rings. The van der Waals surface area contributed by atoms with E-state index in [9.17, 15) is 9.59 Å². The Bertz CT molecular complexity index is 1620. The first-order valence-corrected chi connectivity index (χ1v) is 17.0. The summed E-state index contributed by atoms with van der Waals surface area (Å²) in [6.07, 6.45) is 6.91. The van der Waals surface area contributed by atoms with Crippen LogP contribution in [-0.2, 0) is 32.6 Å². The molecule has 1 aromatic heterocycles. The first-order chi connectivity index (χ1) is 21.3. The lowest BCUT2D eigenvalue weighted by atomic mass is 9.48. The van der Waals surface area contributed by atoms with Crippen LogP contribution >= 0.6 is 27.3 Å². The van der Waals surface area contributed by atoms with Gasteiger partial charge in [-0.15, -0.1) is 11.3 Å².